The minimum atomic E-state index is -0.196. The number of imidazole rings is 1. The number of nitrogens with zero attached hydrogens (tertiary/aromatic N) is 4. The van der Waals surface area contributed by atoms with E-state index in [0.717, 1.165) is 48.1 Å². The largest absolute Gasteiger partial charge is 0.343 e. The van der Waals surface area contributed by atoms with Crippen molar-refractivity contribution in [2.45, 2.75) is 38.8 Å². The van der Waals surface area contributed by atoms with Crippen molar-refractivity contribution in [2.24, 2.45) is 0 Å². The van der Waals surface area contributed by atoms with Gasteiger partial charge in [0, 0.05) is 18.9 Å². The molecule has 0 unspecified atom stereocenters. The zero-order valence-corrected chi connectivity index (χ0v) is 14.8. The van der Waals surface area contributed by atoms with Gasteiger partial charge in [0.25, 0.3) is 0 Å². The van der Waals surface area contributed by atoms with Gasteiger partial charge in [-0.3, -0.25) is 4.90 Å². The molecular weight excluding hydrogens is 329 g/mol. The van der Waals surface area contributed by atoms with Crippen LogP contribution in [-0.4, -0.2) is 31.4 Å². The molecule has 0 aliphatic carbocycles. The van der Waals surface area contributed by atoms with Crippen molar-refractivity contribution in [1.82, 2.24) is 24.8 Å². The highest BCUT2D eigenvalue weighted by atomic mass is 19.1. The van der Waals surface area contributed by atoms with Gasteiger partial charge in [-0.1, -0.05) is 18.6 Å². The van der Waals surface area contributed by atoms with Crippen molar-refractivity contribution in [3.05, 3.63) is 65.6 Å². The summed E-state index contributed by atoms with van der Waals surface area (Å²) in [6, 6.07) is 9.06. The second kappa shape index (κ2) is 7.33. The summed E-state index contributed by atoms with van der Waals surface area (Å²) in [5, 5.41) is 0. The number of rotatable bonds is 4. The molecule has 2 aromatic heterocycles. The highest BCUT2D eigenvalue weighted by Crippen LogP contribution is 2.32. The van der Waals surface area contributed by atoms with Gasteiger partial charge in [0.1, 0.15) is 17.3 Å². The Bertz CT molecular complexity index is 860. The molecule has 26 heavy (non-hydrogen) atoms. The fourth-order valence-electron chi connectivity index (χ4n) is 3.63. The molecule has 5 nitrogen and oxygen atoms in total. The molecule has 0 saturated carbocycles. The molecule has 3 heterocycles. The summed E-state index contributed by atoms with van der Waals surface area (Å²) in [6.07, 6.45) is 6.95. The Labute approximate surface area is 152 Å². The molecule has 1 atom stereocenters. The van der Waals surface area contributed by atoms with Crippen molar-refractivity contribution < 1.29 is 4.39 Å². The Morgan fingerprint density at radius 1 is 1.19 bits per heavy atom. The Morgan fingerprint density at radius 3 is 2.81 bits per heavy atom. The highest BCUT2D eigenvalue weighted by Gasteiger charge is 2.26. The number of aryl methyl sites for hydroxylation is 1. The molecule has 0 spiro atoms. The zero-order chi connectivity index (χ0) is 17.9. The van der Waals surface area contributed by atoms with Gasteiger partial charge in [-0.05, 0) is 50.1 Å². The quantitative estimate of drug-likeness (QED) is 0.771. The summed E-state index contributed by atoms with van der Waals surface area (Å²) in [7, 11) is 0. The first kappa shape index (κ1) is 16.8. The molecule has 1 fully saturated rings. The summed E-state index contributed by atoms with van der Waals surface area (Å²) in [4.78, 5) is 19.1. The van der Waals surface area contributed by atoms with Crippen LogP contribution >= 0.6 is 0 Å². The molecule has 1 aliphatic rings. The smallest absolute Gasteiger partial charge is 0.156 e. The van der Waals surface area contributed by atoms with E-state index in [9.17, 15) is 4.39 Å². The molecule has 1 saturated heterocycles. The monoisotopic (exact) mass is 351 g/mol. The lowest BCUT2D eigenvalue weighted by Gasteiger charge is -2.35. The molecule has 1 aromatic carbocycles. The van der Waals surface area contributed by atoms with Crippen LogP contribution in [0.5, 0.6) is 0 Å². The molecule has 0 radical (unpaired) electrons. The van der Waals surface area contributed by atoms with E-state index in [0.29, 0.717) is 0 Å². The molecule has 134 valence electrons. The molecule has 0 amide bonds. The molecule has 6 heteroatoms. The lowest BCUT2D eigenvalue weighted by molar-refractivity contribution is 0.137. The second-order valence-corrected chi connectivity index (χ2v) is 6.77. The molecule has 3 aromatic rings. The zero-order valence-electron chi connectivity index (χ0n) is 14.8. The number of H-pyrrole nitrogens is 1. The van der Waals surface area contributed by atoms with E-state index in [4.69, 9.17) is 4.98 Å². The van der Waals surface area contributed by atoms with Crippen molar-refractivity contribution >= 4 is 0 Å². The average Bonchev–Trinajstić information content (AvgIpc) is 3.18. The van der Waals surface area contributed by atoms with E-state index in [2.05, 4.69) is 19.9 Å². The average molecular weight is 351 g/mol. The molecule has 4 rings (SSSR count). The number of hydrogen-bond acceptors (Lipinski definition) is 4. The van der Waals surface area contributed by atoms with E-state index in [1.54, 1.807) is 12.4 Å². The maximum Gasteiger partial charge on any atom is 0.156 e. The number of piperidine rings is 1. The Morgan fingerprint density at radius 2 is 2.04 bits per heavy atom. The van der Waals surface area contributed by atoms with E-state index in [1.807, 2.05) is 25.1 Å². The Kier molecular flexibility index (Phi) is 4.75. The summed E-state index contributed by atoms with van der Waals surface area (Å²) >= 11 is 0. The summed E-state index contributed by atoms with van der Waals surface area (Å²) in [5.74, 6) is 1.32. The van der Waals surface area contributed by atoms with Gasteiger partial charge >= 0.3 is 0 Å². The van der Waals surface area contributed by atoms with Crippen molar-refractivity contribution in [3.8, 4) is 11.5 Å². The maximum absolute atomic E-state index is 13.2. The predicted octanol–water partition coefficient (Wildman–Crippen LogP) is 4.04. The lowest BCUT2D eigenvalue weighted by Crippen LogP contribution is -2.33. The van der Waals surface area contributed by atoms with E-state index < -0.39 is 0 Å². The number of nitrogens with one attached hydrogen (secondary N) is 1. The number of halogens is 1. The van der Waals surface area contributed by atoms with Gasteiger partial charge in [0.15, 0.2) is 5.82 Å². The minimum Gasteiger partial charge on any atom is -0.343 e. The number of aromatic amines is 1. The van der Waals surface area contributed by atoms with Crippen molar-refractivity contribution in [3.63, 3.8) is 0 Å². The number of aromatic nitrogens is 4. The molecule has 0 bridgehead atoms. The van der Waals surface area contributed by atoms with Crippen LogP contribution in [0.3, 0.4) is 0 Å². The van der Waals surface area contributed by atoms with Gasteiger partial charge in [-0.25, -0.2) is 19.3 Å². The van der Waals surface area contributed by atoms with Crippen LogP contribution in [0.2, 0.25) is 0 Å². The number of hydrogen-bond donors (Lipinski definition) is 1. The Hall–Kier alpha value is -2.60. The van der Waals surface area contributed by atoms with Crippen molar-refractivity contribution in [2.75, 3.05) is 6.54 Å². The fraction of sp³-hybridized carbons (Fsp3) is 0.350. The third-order valence-electron chi connectivity index (χ3n) is 4.85. The molecular formula is C20H22FN5. The van der Waals surface area contributed by atoms with Crippen LogP contribution in [0.1, 0.15) is 42.4 Å². The van der Waals surface area contributed by atoms with Gasteiger partial charge in [0.05, 0.1) is 11.7 Å². The number of benzene rings is 1. The topological polar surface area (TPSA) is 57.7 Å². The van der Waals surface area contributed by atoms with Crippen LogP contribution < -0.4 is 0 Å². The van der Waals surface area contributed by atoms with Gasteiger partial charge in [0.2, 0.25) is 0 Å². The Balaban J connectivity index is 1.62. The summed E-state index contributed by atoms with van der Waals surface area (Å²) in [5.41, 5.74) is 2.98. The minimum absolute atomic E-state index is 0.196. The summed E-state index contributed by atoms with van der Waals surface area (Å²) in [6.45, 7) is 3.73. The van der Waals surface area contributed by atoms with Crippen LogP contribution in [0.25, 0.3) is 11.5 Å². The maximum atomic E-state index is 13.2. The normalized spacial score (nSPS) is 18.2. The van der Waals surface area contributed by atoms with E-state index >= 15 is 0 Å². The third-order valence-corrected chi connectivity index (χ3v) is 4.85. The first-order valence-corrected chi connectivity index (χ1v) is 9.03. The van der Waals surface area contributed by atoms with Gasteiger partial charge in [-0.2, -0.15) is 0 Å². The first-order chi connectivity index (χ1) is 12.7. The summed E-state index contributed by atoms with van der Waals surface area (Å²) < 4.78 is 13.2. The van der Waals surface area contributed by atoms with Crippen LogP contribution in [0.15, 0.2) is 42.7 Å². The molecule has 1 N–H and O–H groups in total. The first-order valence-electron chi connectivity index (χ1n) is 9.03. The van der Waals surface area contributed by atoms with Crippen molar-refractivity contribution in [1.29, 1.82) is 0 Å². The van der Waals surface area contributed by atoms with E-state index in [-0.39, 0.29) is 11.9 Å². The van der Waals surface area contributed by atoms with Crippen LogP contribution in [0, 0.1) is 12.7 Å². The van der Waals surface area contributed by atoms with E-state index in [1.165, 1.54) is 25.0 Å². The van der Waals surface area contributed by atoms with Gasteiger partial charge < -0.3 is 4.98 Å². The van der Waals surface area contributed by atoms with Crippen LogP contribution in [-0.2, 0) is 6.54 Å². The standard InChI is InChI=1S/C20H22FN5/c1-14-24-17(12-18(25-14)20-22-9-10-23-20)19-4-2-3-11-26(19)13-15-5-7-16(21)8-6-15/h5-10,12,19H,2-4,11,13H2,1H3,(H,22,23)/t19-/m0/s1. The lowest BCUT2D eigenvalue weighted by atomic mass is 9.97. The fourth-order valence-corrected chi connectivity index (χ4v) is 3.63. The second-order valence-electron chi connectivity index (χ2n) is 6.77. The van der Waals surface area contributed by atoms with Crippen LogP contribution in [0.4, 0.5) is 4.39 Å². The molecule has 1 aliphatic heterocycles. The SMILES string of the molecule is Cc1nc(-c2ncc[nH]2)cc([C@@H]2CCCCN2Cc2ccc(F)cc2)n1. The third kappa shape index (κ3) is 3.65. The number of likely N-dealkylation sites (tertiary alicyclic amines) is 1. The predicted molar refractivity (Wildman–Crippen MR) is 97.8 cm³/mol. The van der Waals surface area contributed by atoms with Gasteiger partial charge in [-0.15, -0.1) is 0 Å². The highest BCUT2D eigenvalue weighted by molar-refractivity contribution is 5.49.